The first-order valence-corrected chi connectivity index (χ1v) is 13.6. The molecule has 0 aliphatic carbocycles. The molecule has 8 aromatic rings. The first kappa shape index (κ1) is 21.5. The van der Waals surface area contributed by atoms with Crippen LogP contribution in [0, 0.1) is 6.92 Å². The number of nitrogens with zero attached hydrogens (tertiary/aromatic N) is 2. The maximum absolute atomic E-state index is 4.72. The van der Waals surface area contributed by atoms with E-state index >= 15 is 0 Å². The van der Waals surface area contributed by atoms with Crippen LogP contribution in [0.5, 0.6) is 0 Å². The molecule has 3 heteroatoms. The van der Waals surface area contributed by atoms with Crippen molar-refractivity contribution >= 4 is 64.1 Å². The van der Waals surface area contributed by atoms with E-state index in [1.54, 1.807) is 12.4 Å². The van der Waals surface area contributed by atoms with Crippen molar-refractivity contribution in [1.82, 2.24) is 9.97 Å². The summed E-state index contributed by atoms with van der Waals surface area (Å²) in [5.41, 5.74) is 8.11. The fraction of sp³-hybridized carbons (Fsp3) is 0.0286. The largest absolute Gasteiger partial charge is 0.252 e. The first-order valence-electron chi connectivity index (χ1n) is 12.8. The third kappa shape index (κ3) is 3.19. The standard InChI is InChI=1S/C35H22N2S/c1-21-10-14-32-30(18-21)31-20-23(12-15-33(31)38-32)25-7-3-2-6-24(25)22-11-13-28-29(19-22)26-8-4-5-9-27(26)34-35(28)37-17-16-36-34/h2-20H,1H3. The van der Waals surface area contributed by atoms with Crippen LogP contribution in [0.25, 0.3) is 75.0 Å². The van der Waals surface area contributed by atoms with Gasteiger partial charge in [0.25, 0.3) is 0 Å². The van der Waals surface area contributed by atoms with Gasteiger partial charge in [0.15, 0.2) is 0 Å². The van der Waals surface area contributed by atoms with E-state index in [9.17, 15) is 0 Å². The molecule has 0 bridgehead atoms. The molecule has 0 unspecified atom stereocenters. The normalized spacial score (nSPS) is 11.8. The van der Waals surface area contributed by atoms with E-state index in [1.807, 2.05) is 11.3 Å². The molecule has 2 nitrogen and oxygen atoms in total. The second kappa shape index (κ2) is 8.20. The maximum atomic E-state index is 4.72. The minimum atomic E-state index is 0.950. The second-order valence-electron chi connectivity index (χ2n) is 9.92. The SMILES string of the molecule is Cc1ccc2sc3ccc(-c4ccccc4-c4ccc5c(c4)c4ccccc4c4nccnc54)cc3c2c1. The molecule has 0 radical (unpaired) electrons. The van der Waals surface area contributed by atoms with Crippen molar-refractivity contribution in [3.63, 3.8) is 0 Å². The molecule has 0 atom stereocenters. The van der Waals surface area contributed by atoms with Gasteiger partial charge in [0.05, 0.1) is 11.0 Å². The Hall–Kier alpha value is -4.60. The summed E-state index contributed by atoms with van der Waals surface area (Å²) in [6, 6.07) is 37.7. The van der Waals surface area contributed by atoms with Gasteiger partial charge in [0.2, 0.25) is 0 Å². The summed E-state index contributed by atoms with van der Waals surface area (Å²) in [6.45, 7) is 2.17. The number of rotatable bonds is 2. The lowest BCUT2D eigenvalue weighted by molar-refractivity contribution is 1.31. The summed E-state index contributed by atoms with van der Waals surface area (Å²) >= 11 is 1.87. The first-order chi connectivity index (χ1) is 18.7. The van der Waals surface area contributed by atoms with Gasteiger partial charge in [-0.1, -0.05) is 78.4 Å². The number of hydrogen-bond acceptors (Lipinski definition) is 3. The molecule has 2 heterocycles. The number of benzene rings is 6. The molecular formula is C35H22N2S. The average molecular weight is 503 g/mol. The highest BCUT2D eigenvalue weighted by molar-refractivity contribution is 7.25. The van der Waals surface area contributed by atoms with Crippen molar-refractivity contribution in [3.8, 4) is 22.3 Å². The van der Waals surface area contributed by atoms with E-state index in [-0.39, 0.29) is 0 Å². The Bertz CT molecular complexity index is 2170. The fourth-order valence-corrected chi connectivity index (χ4v) is 6.91. The Morgan fingerprint density at radius 2 is 1.03 bits per heavy atom. The lowest BCUT2D eigenvalue weighted by Crippen LogP contribution is -1.90. The zero-order chi connectivity index (χ0) is 25.2. The number of fused-ring (bicyclic) bond motifs is 9. The summed E-state index contributed by atoms with van der Waals surface area (Å²) in [5.74, 6) is 0. The monoisotopic (exact) mass is 502 g/mol. The minimum Gasteiger partial charge on any atom is -0.252 e. The molecule has 178 valence electrons. The summed E-state index contributed by atoms with van der Waals surface area (Å²) in [4.78, 5) is 9.40. The molecule has 6 aromatic carbocycles. The van der Waals surface area contributed by atoms with E-state index in [4.69, 9.17) is 4.98 Å². The molecular weight excluding hydrogens is 480 g/mol. The highest BCUT2D eigenvalue weighted by Crippen LogP contribution is 2.41. The summed E-state index contributed by atoms with van der Waals surface area (Å²) in [5, 5.41) is 7.35. The topological polar surface area (TPSA) is 25.8 Å². The van der Waals surface area contributed by atoms with Gasteiger partial charge in [-0.25, -0.2) is 0 Å². The molecule has 0 saturated carbocycles. The van der Waals surface area contributed by atoms with E-state index < -0.39 is 0 Å². The van der Waals surface area contributed by atoms with E-state index in [2.05, 4.69) is 115 Å². The lowest BCUT2D eigenvalue weighted by atomic mass is 9.91. The van der Waals surface area contributed by atoms with Crippen LogP contribution in [0.4, 0.5) is 0 Å². The zero-order valence-corrected chi connectivity index (χ0v) is 21.6. The molecule has 0 fully saturated rings. The van der Waals surface area contributed by atoms with E-state index in [1.165, 1.54) is 58.8 Å². The molecule has 0 amide bonds. The summed E-state index contributed by atoms with van der Waals surface area (Å²) in [7, 11) is 0. The number of thiophene rings is 1. The van der Waals surface area contributed by atoms with Crippen molar-refractivity contribution in [2.45, 2.75) is 6.92 Å². The number of aromatic nitrogens is 2. The molecule has 2 aromatic heterocycles. The highest BCUT2D eigenvalue weighted by atomic mass is 32.1. The van der Waals surface area contributed by atoms with Gasteiger partial charge in [-0.2, -0.15) is 0 Å². The summed E-state index contributed by atoms with van der Waals surface area (Å²) in [6.07, 6.45) is 3.56. The Kier molecular flexibility index (Phi) is 4.64. The van der Waals surface area contributed by atoms with Gasteiger partial charge < -0.3 is 0 Å². The van der Waals surface area contributed by atoms with Crippen LogP contribution in [0.15, 0.2) is 116 Å². The Balaban J connectivity index is 1.37. The smallest absolute Gasteiger partial charge is 0.0971 e. The predicted molar refractivity (Wildman–Crippen MR) is 163 cm³/mol. The Labute approximate surface area is 223 Å². The van der Waals surface area contributed by atoms with Crippen molar-refractivity contribution in [2.75, 3.05) is 0 Å². The van der Waals surface area contributed by atoms with Crippen molar-refractivity contribution in [2.24, 2.45) is 0 Å². The van der Waals surface area contributed by atoms with Gasteiger partial charge in [-0.15, -0.1) is 11.3 Å². The van der Waals surface area contributed by atoms with E-state index in [0.717, 1.165) is 21.8 Å². The van der Waals surface area contributed by atoms with Crippen LogP contribution in [-0.2, 0) is 0 Å². The Morgan fingerprint density at radius 3 is 1.76 bits per heavy atom. The van der Waals surface area contributed by atoms with E-state index in [0.29, 0.717) is 0 Å². The molecule has 0 aliphatic rings. The molecule has 0 saturated heterocycles. The van der Waals surface area contributed by atoms with Crippen LogP contribution >= 0.6 is 11.3 Å². The van der Waals surface area contributed by atoms with Crippen LogP contribution in [0.2, 0.25) is 0 Å². The predicted octanol–water partition coefficient (Wildman–Crippen LogP) is 9.95. The highest BCUT2D eigenvalue weighted by Gasteiger charge is 2.14. The maximum Gasteiger partial charge on any atom is 0.0971 e. The van der Waals surface area contributed by atoms with Crippen molar-refractivity contribution in [1.29, 1.82) is 0 Å². The quantitative estimate of drug-likeness (QED) is 0.220. The minimum absolute atomic E-state index is 0.950. The van der Waals surface area contributed by atoms with Crippen LogP contribution in [0.3, 0.4) is 0 Å². The lowest BCUT2D eigenvalue weighted by Gasteiger charge is -2.13. The second-order valence-corrected chi connectivity index (χ2v) is 11.0. The van der Waals surface area contributed by atoms with Crippen molar-refractivity contribution < 1.29 is 0 Å². The molecule has 38 heavy (non-hydrogen) atoms. The zero-order valence-electron chi connectivity index (χ0n) is 20.8. The van der Waals surface area contributed by atoms with Gasteiger partial charge in [-0.05, 0) is 70.3 Å². The third-order valence-corrected chi connectivity index (χ3v) is 8.77. The number of aryl methyl sites for hydroxylation is 1. The van der Waals surface area contributed by atoms with Gasteiger partial charge in [0.1, 0.15) is 0 Å². The summed E-state index contributed by atoms with van der Waals surface area (Å²) < 4.78 is 2.67. The molecule has 0 aliphatic heterocycles. The fourth-order valence-electron chi connectivity index (χ4n) is 5.84. The van der Waals surface area contributed by atoms with Crippen LogP contribution < -0.4 is 0 Å². The molecule has 8 rings (SSSR count). The van der Waals surface area contributed by atoms with Gasteiger partial charge in [0, 0.05) is 43.3 Å². The molecule has 0 spiro atoms. The van der Waals surface area contributed by atoms with Crippen LogP contribution in [0.1, 0.15) is 5.56 Å². The Morgan fingerprint density at radius 1 is 0.474 bits per heavy atom. The molecule has 0 N–H and O–H groups in total. The third-order valence-electron chi connectivity index (χ3n) is 7.62. The van der Waals surface area contributed by atoms with Gasteiger partial charge >= 0.3 is 0 Å². The van der Waals surface area contributed by atoms with Crippen molar-refractivity contribution in [3.05, 3.63) is 121 Å². The average Bonchev–Trinajstić information content (AvgIpc) is 3.34. The van der Waals surface area contributed by atoms with Crippen LogP contribution in [-0.4, -0.2) is 9.97 Å². The number of hydrogen-bond donors (Lipinski definition) is 0. The van der Waals surface area contributed by atoms with Gasteiger partial charge in [-0.3, -0.25) is 9.97 Å².